The lowest BCUT2D eigenvalue weighted by molar-refractivity contribution is 0.0590. The minimum Gasteiger partial charge on any atom is -0.464 e. The lowest BCUT2D eigenvalue weighted by Gasteiger charge is -2.01. The van der Waals surface area contributed by atoms with E-state index in [1.165, 1.54) is 7.11 Å². The number of hydrogen-bond acceptors (Lipinski definition) is 4. The highest BCUT2D eigenvalue weighted by atomic mass is 16.5. The fourth-order valence-corrected chi connectivity index (χ4v) is 1.62. The van der Waals surface area contributed by atoms with Crippen LogP contribution in [0.25, 0.3) is 5.69 Å². The maximum absolute atomic E-state index is 11.5. The maximum Gasteiger partial charge on any atom is 0.358 e. The van der Waals surface area contributed by atoms with E-state index in [2.05, 4.69) is 9.84 Å². The van der Waals surface area contributed by atoms with Crippen molar-refractivity contribution >= 4 is 5.97 Å². The van der Waals surface area contributed by atoms with Crippen molar-refractivity contribution in [3.63, 3.8) is 0 Å². The number of aromatic nitrogens is 2. The standard InChI is InChI=1S/C13H14N2O3/c1-9-3-5-11(6-4-9)15-7-10(8-16)12(14-15)13(17)18-2/h3-7,16H,8H2,1-2H3. The van der Waals surface area contributed by atoms with Crippen LogP contribution in [0, 0.1) is 6.92 Å². The van der Waals surface area contributed by atoms with Gasteiger partial charge in [-0.05, 0) is 19.1 Å². The Bertz CT molecular complexity index is 558. The molecule has 0 saturated carbocycles. The van der Waals surface area contributed by atoms with Crippen molar-refractivity contribution < 1.29 is 14.6 Å². The molecule has 94 valence electrons. The van der Waals surface area contributed by atoms with Crippen molar-refractivity contribution in [3.05, 3.63) is 47.3 Å². The molecule has 0 unspecified atom stereocenters. The number of carbonyl (C=O) groups is 1. The summed E-state index contributed by atoms with van der Waals surface area (Å²) in [4.78, 5) is 11.5. The number of ether oxygens (including phenoxy) is 1. The number of rotatable bonds is 3. The van der Waals surface area contributed by atoms with Gasteiger partial charge in [-0.1, -0.05) is 17.7 Å². The third kappa shape index (κ3) is 2.26. The SMILES string of the molecule is COC(=O)c1nn(-c2ccc(C)cc2)cc1CO. The fraction of sp³-hybridized carbons (Fsp3) is 0.231. The molecular weight excluding hydrogens is 232 g/mol. The number of carbonyl (C=O) groups excluding carboxylic acids is 1. The predicted molar refractivity (Wildman–Crippen MR) is 65.6 cm³/mol. The third-order valence-corrected chi connectivity index (χ3v) is 2.64. The average molecular weight is 246 g/mol. The van der Waals surface area contributed by atoms with Crippen molar-refractivity contribution in [2.24, 2.45) is 0 Å². The van der Waals surface area contributed by atoms with Crippen LogP contribution >= 0.6 is 0 Å². The van der Waals surface area contributed by atoms with Gasteiger partial charge in [0, 0.05) is 11.8 Å². The average Bonchev–Trinajstić information content (AvgIpc) is 2.82. The van der Waals surface area contributed by atoms with Gasteiger partial charge in [-0.2, -0.15) is 5.10 Å². The van der Waals surface area contributed by atoms with Gasteiger partial charge in [0.05, 0.1) is 19.4 Å². The number of aliphatic hydroxyl groups is 1. The summed E-state index contributed by atoms with van der Waals surface area (Å²) in [7, 11) is 1.29. The van der Waals surface area contributed by atoms with Gasteiger partial charge < -0.3 is 9.84 Å². The molecule has 5 heteroatoms. The number of esters is 1. The predicted octanol–water partition coefficient (Wildman–Crippen LogP) is 1.46. The molecule has 0 aliphatic rings. The molecule has 2 aromatic rings. The molecule has 0 fully saturated rings. The molecule has 0 saturated heterocycles. The van der Waals surface area contributed by atoms with E-state index in [0.717, 1.165) is 11.3 Å². The zero-order valence-electron chi connectivity index (χ0n) is 10.3. The zero-order chi connectivity index (χ0) is 13.1. The van der Waals surface area contributed by atoms with E-state index in [0.29, 0.717) is 5.56 Å². The van der Waals surface area contributed by atoms with Crippen LogP contribution in [0.5, 0.6) is 0 Å². The van der Waals surface area contributed by atoms with E-state index in [1.807, 2.05) is 31.2 Å². The summed E-state index contributed by atoms with van der Waals surface area (Å²) in [6.07, 6.45) is 1.62. The molecule has 0 amide bonds. The van der Waals surface area contributed by atoms with Gasteiger partial charge in [-0.3, -0.25) is 0 Å². The number of nitrogens with zero attached hydrogens (tertiary/aromatic N) is 2. The van der Waals surface area contributed by atoms with Gasteiger partial charge in [0.2, 0.25) is 0 Å². The summed E-state index contributed by atoms with van der Waals surface area (Å²) in [5.41, 5.74) is 2.55. The van der Waals surface area contributed by atoms with Gasteiger partial charge in [0.15, 0.2) is 5.69 Å². The second-order valence-electron chi connectivity index (χ2n) is 3.93. The van der Waals surface area contributed by atoms with E-state index >= 15 is 0 Å². The first-order valence-electron chi connectivity index (χ1n) is 5.50. The van der Waals surface area contributed by atoms with E-state index < -0.39 is 5.97 Å². The Morgan fingerprint density at radius 1 is 1.39 bits per heavy atom. The summed E-state index contributed by atoms with van der Waals surface area (Å²) in [5, 5.41) is 13.3. The summed E-state index contributed by atoms with van der Waals surface area (Å²) in [6.45, 7) is 1.74. The van der Waals surface area contributed by atoms with E-state index in [4.69, 9.17) is 0 Å². The monoisotopic (exact) mass is 246 g/mol. The maximum atomic E-state index is 11.5. The smallest absolute Gasteiger partial charge is 0.358 e. The molecule has 0 spiro atoms. The Labute approximate surface area is 105 Å². The Kier molecular flexibility index (Phi) is 3.43. The number of aryl methyl sites for hydroxylation is 1. The van der Waals surface area contributed by atoms with Crippen LogP contribution in [0.4, 0.5) is 0 Å². The third-order valence-electron chi connectivity index (χ3n) is 2.64. The Hall–Kier alpha value is -2.14. The Balaban J connectivity index is 2.43. The van der Waals surface area contributed by atoms with Gasteiger partial charge in [0.1, 0.15) is 0 Å². The van der Waals surface area contributed by atoms with Crippen LogP contribution in [0.2, 0.25) is 0 Å². The largest absolute Gasteiger partial charge is 0.464 e. The van der Waals surface area contributed by atoms with Gasteiger partial charge in [0.25, 0.3) is 0 Å². The normalized spacial score (nSPS) is 10.4. The molecule has 0 radical (unpaired) electrons. The molecule has 0 atom stereocenters. The molecule has 0 bridgehead atoms. The lowest BCUT2D eigenvalue weighted by atomic mass is 10.2. The van der Waals surface area contributed by atoms with Crippen molar-refractivity contribution in [2.45, 2.75) is 13.5 Å². The highest BCUT2D eigenvalue weighted by Gasteiger charge is 2.17. The second-order valence-corrected chi connectivity index (χ2v) is 3.93. The van der Waals surface area contributed by atoms with Crippen LogP contribution in [-0.2, 0) is 11.3 Å². The summed E-state index contributed by atoms with van der Waals surface area (Å²) in [6, 6.07) is 7.69. The Morgan fingerprint density at radius 3 is 2.61 bits per heavy atom. The number of aliphatic hydroxyl groups excluding tert-OH is 1. The zero-order valence-corrected chi connectivity index (χ0v) is 10.3. The van der Waals surface area contributed by atoms with Crippen LogP contribution in [0.3, 0.4) is 0 Å². The van der Waals surface area contributed by atoms with E-state index in [-0.39, 0.29) is 12.3 Å². The summed E-state index contributed by atoms with van der Waals surface area (Å²) in [5.74, 6) is -0.551. The molecule has 1 aromatic carbocycles. The van der Waals surface area contributed by atoms with Gasteiger partial charge in [-0.15, -0.1) is 0 Å². The van der Waals surface area contributed by atoms with Crippen LogP contribution < -0.4 is 0 Å². The Morgan fingerprint density at radius 2 is 2.06 bits per heavy atom. The molecule has 2 rings (SSSR count). The first kappa shape index (κ1) is 12.3. The fourth-order valence-electron chi connectivity index (χ4n) is 1.62. The molecule has 5 nitrogen and oxygen atoms in total. The minimum atomic E-state index is -0.551. The number of hydrogen-bond donors (Lipinski definition) is 1. The van der Waals surface area contributed by atoms with Crippen LogP contribution in [0.1, 0.15) is 21.6 Å². The van der Waals surface area contributed by atoms with Crippen molar-refractivity contribution in [1.82, 2.24) is 9.78 Å². The second kappa shape index (κ2) is 5.01. The van der Waals surface area contributed by atoms with E-state index in [9.17, 15) is 9.90 Å². The topological polar surface area (TPSA) is 64.3 Å². The molecule has 1 N–H and O–H groups in total. The highest BCUT2D eigenvalue weighted by Crippen LogP contribution is 2.14. The highest BCUT2D eigenvalue weighted by molar-refractivity contribution is 5.88. The van der Waals surface area contributed by atoms with Crippen LogP contribution in [0.15, 0.2) is 30.5 Å². The molecule has 1 aromatic heterocycles. The molecular formula is C13H14N2O3. The quantitative estimate of drug-likeness (QED) is 0.833. The number of benzene rings is 1. The first-order valence-corrected chi connectivity index (χ1v) is 5.50. The van der Waals surface area contributed by atoms with Gasteiger partial charge >= 0.3 is 5.97 Å². The molecule has 0 aliphatic heterocycles. The summed E-state index contributed by atoms with van der Waals surface area (Å²) >= 11 is 0. The van der Waals surface area contributed by atoms with Gasteiger partial charge in [-0.25, -0.2) is 9.48 Å². The minimum absolute atomic E-state index is 0.139. The summed E-state index contributed by atoms with van der Waals surface area (Å²) < 4.78 is 6.17. The molecule has 18 heavy (non-hydrogen) atoms. The molecule has 1 heterocycles. The van der Waals surface area contributed by atoms with E-state index in [1.54, 1.807) is 10.9 Å². The lowest BCUT2D eigenvalue weighted by Crippen LogP contribution is -2.06. The molecule has 0 aliphatic carbocycles. The first-order chi connectivity index (χ1) is 8.65. The van der Waals surface area contributed by atoms with Crippen molar-refractivity contribution in [2.75, 3.05) is 7.11 Å². The van der Waals surface area contributed by atoms with Crippen molar-refractivity contribution in [3.8, 4) is 5.69 Å². The van der Waals surface area contributed by atoms with Crippen LogP contribution in [-0.4, -0.2) is 28.0 Å². The van der Waals surface area contributed by atoms with Crippen molar-refractivity contribution in [1.29, 1.82) is 0 Å². The number of methoxy groups -OCH3 is 1.